The lowest BCUT2D eigenvalue weighted by atomic mass is 10.00. The molecule has 0 spiro atoms. The first-order chi connectivity index (χ1) is 8.50. The van der Waals surface area contributed by atoms with E-state index in [0.29, 0.717) is 22.5 Å². The molecule has 0 aromatic heterocycles. The normalized spacial score (nSPS) is 10.2. The van der Waals surface area contributed by atoms with Crippen LogP contribution in [0.4, 0.5) is 22.7 Å². The van der Waals surface area contributed by atoms with Crippen LogP contribution in [-0.2, 0) is 0 Å². The summed E-state index contributed by atoms with van der Waals surface area (Å²) in [6.45, 7) is 0. The summed E-state index contributed by atoms with van der Waals surface area (Å²) in [6, 6.07) is 9.73. The summed E-state index contributed by atoms with van der Waals surface area (Å²) in [5.41, 5.74) is 24.9. The lowest BCUT2D eigenvalue weighted by molar-refractivity contribution is 0.103. The fraction of sp³-hybridized carbons (Fsp3) is 0. The van der Waals surface area contributed by atoms with E-state index in [1.54, 1.807) is 36.4 Å². The first-order valence-electron chi connectivity index (χ1n) is 5.34. The van der Waals surface area contributed by atoms with Crippen molar-refractivity contribution in [2.45, 2.75) is 0 Å². The van der Waals surface area contributed by atoms with Crippen LogP contribution in [0.5, 0.6) is 0 Å². The molecule has 0 bridgehead atoms. The van der Waals surface area contributed by atoms with Gasteiger partial charge in [0.2, 0.25) is 0 Å². The molecule has 0 aliphatic carbocycles. The number of anilines is 4. The van der Waals surface area contributed by atoms with Gasteiger partial charge in [-0.25, -0.2) is 0 Å². The minimum atomic E-state index is -0.209. The molecule has 2 rings (SSSR count). The van der Waals surface area contributed by atoms with Gasteiger partial charge in [-0.1, -0.05) is 0 Å². The maximum atomic E-state index is 12.2. The molecule has 0 atom stereocenters. The predicted molar refractivity (Wildman–Crippen MR) is 74.0 cm³/mol. The Morgan fingerprint density at radius 2 is 1.39 bits per heavy atom. The van der Waals surface area contributed by atoms with E-state index in [1.165, 1.54) is 0 Å². The van der Waals surface area contributed by atoms with Crippen LogP contribution in [0.2, 0.25) is 0 Å². The molecule has 0 heterocycles. The Labute approximate surface area is 104 Å². The summed E-state index contributed by atoms with van der Waals surface area (Å²) >= 11 is 0. The fourth-order valence-electron chi connectivity index (χ4n) is 1.64. The zero-order chi connectivity index (χ0) is 13.3. The number of hydrogen-bond donors (Lipinski definition) is 4. The second-order valence-corrected chi connectivity index (χ2v) is 3.98. The zero-order valence-corrected chi connectivity index (χ0v) is 9.68. The third-order valence-corrected chi connectivity index (χ3v) is 2.74. The van der Waals surface area contributed by atoms with Crippen LogP contribution in [0.1, 0.15) is 15.9 Å². The van der Waals surface area contributed by atoms with Crippen molar-refractivity contribution < 1.29 is 4.79 Å². The summed E-state index contributed by atoms with van der Waals surface area (Å²) in [5, 5.41) is 0. The van der Waals surface area contributed by atoms with Crippen molar-refractivity contribution in [1.82, 2.24) is 0 Å². The highest BCUT2D eigenvalue weighted by Gasteiger charge is 2.15. The summed E-state index contributed by atoms with van der Waals surface area (Å²) < 4.78 is 0. The summed E-state index contributed by atoms with van der Waals surface area (Å²) in [5.74, 6) is -0.209. The van der Waals surface area contributed by atoms with Gasteiger partial charge in [-0.05, 0) is 36.4 Å². The van der Waals surface area contributed by atoms with Gasteiger partial charge in [-0.2, -0.15) is 0 Å². The number of benzene rings is 2. The molecule has 2 aromatic carbocycles. The molecule has 0 radical (unpaired) electrons. The minimum Gasteiger partial charge on any atom is -0.399 e. The van der Waals surface area contributed by atoms with Crippen LogP contribution in [0, 0.1) is 0 Å². The molecule has 0 aliphatic heterocycles. The van der Waals surface area contributed by atoms with Crippen molar-refractivity contribution in [3.63, 3.8) is 0 Å². The second kappa shape index (κ2) is 4.29. The van der Waals surface area contributed by atoms with Gasteiger partial charge in [0.05, 0.1) is 17.1 Å². The minimum absolute atomic E-state index is 0.205. The van der Waals surface area contributed by atoms with Crippen LogP contribution < -0.4 is 22.9 Å². The van der Waals surface area contributed by atoms with E-state index >= 15 is 0 Å². The van der Waals surface area contributed by atoms with Crippen LogP contribution in [-0.4, -0.2) is 5.78 Å². The average molecular weight is 242 g/mol. The Balaban J connectivity index is 2.46. The number of rotatable bonds is 2. The number of carbonyl (C=O) groups excluding carboxylic acids is 1. The van der Waals surface area contributed by atoms with E-state index in [-0.39, 0.29) is 17.2 Å². The molecule has 0 saturated carbocycles. The Morgan fingerprint density at radius 3 is 2.00 bits per heavy atom. The molecule has 0 amide bonds. The van der Waals surface area contributed by atoms with E-state index in [2.05, 4.69) is 0 Å². The fourth-order valence-corrected chi connectivity index (χ4v) is 1.64. The monoisotopic (exact) mass is 242 g/mol. The van der Waals surface area contributed by atoms with Gasteiger partial charge < -0.3 is 22.9 Å². The standard InChI is InChI=1S/C13H14N4O/c14-8-3-1-7(2-4-8)13(18)9-5-6-10(15)12(17)11(9)16/h1-6H,14-17H2. The maximum Gasteiger partial charge on any atom is 0.195 e. The van der Waals surface area contributed by atoms with Gasteiger partial charge in [-0.3, -0.25) is 4.79 Å². The molecule has 0 aliphatic rings. The van der Waals surface area contributed by atoms with Gasteiger partial charge in [0.15, 0.2) is 5.78 Å². The highest BCUT2D eigenvalue weighted by atomic mass is 16.1. The van der Waals surface area contributed by atoms with Crippen LogP contribution in [0.15, 0.2) is 36.4 Å². The van der Waals surface area contributed by atoms with E-state index < -0.39 is 0 Å². The van der Waals surface area contributed by atoms with Crippen molar-refractivity contribution in [3.8, 4) is 0 Å². The zero-order valence-electron chi connectivity index (χ0n) is 9.68. The van der Waals surface area contributed by atoms with Crippen molar-refractivity contribution in [2.75, 3.05) is 22.9 Å². The highest BCUT2D eigenvalue weighted by molar-refractivity contribution is 6.14. The molecule has 18 heavy (non-hydrogen) atoms. The molecule has 8 N–H and O–H groups in total. The average Bonchev–Trinajstić information content (AvgIpc) is 2.36. The maximum absolute atomic E-state index is 12.2. The lowest BCUT2D eigenvalue weighted by Crippen LogP contribution is -2.09. The van der Waals surface area contributed by atoms with Crippen molar-refractivity contribution >= 4 is 28.5 Å². The molecule has 5 nitrogen and oxygen atoms in total. The van der Waals surface area contributed by atoms with Crippen LogP contribution >= 0.6 is 0 Å². The number of nitrogen functional groups attached to an aromatic ring is 4. The molecule has 5 heteroatoms. The van der Waals surface area contributed by atoms with E-state index in [1.807, 2.05) is 0 Å². The number of nitrogens with two attached hydrogens (primary N) is 4. The number of carbonyl (C=O) groups is 1. The lowest BCUT2D eigenvalue weighted by Gasteiger charge is -2.09. The van der Waals surface area contributed by atoms with E-state index in [9.17, 15) is 4.79 Å². The van der Waals surface area contributed by atoms with Crippen LogP contribution in [0.25, 0.3) is 0 Å². The van der Waals surface area contributed by atoms with Crippen molar-refractivity contribution in [1.29, 1.82) is 0 Å². The highest BCUT2D eigenvalue weighted by Crippen LogP contribution is 2.28. The SMILES string of the molecule is Nc1ccc(C(=O)c2ccc(N)c(N)c2N)cc1. The summed E-state index contributed by atoms with van der Waals surface area (Å²) in [4.78, 5) is 12.2. The van der Waals surface area contributed by atoms with Crippen molar-refractivity contribution in [2.24, 2.45) is 0 Å². The molecule has 0 unspecified atom stereocenters. The third-order valence-electron chi connectivity index (χ3n) is 2.74. The van der Waals surface area contributed by atoms with Gasteiger partial charge in [0, 0.05) is 16.8 Å². The Hall–Kier alpha value is -2.69. The van der Waals surface area contributed by atoms with Crippen molar-refractivity contribution in [3.05, 3.63) is 47.5 Å². The van der Waals surface area contributed by atoms with Gasteiger partial charge in [0.25, 0.3) is 0 Å². The Bertz CT molecular complexity index is 605. The summed E-state index contributed by atoms with van der Waals surface area (Å²) in [6.07, 6.45) is 0. The molecule has 0 saturated heterocycles. The molecule has 2 aromatic rings. The first-order valence-corrected chi connectivity index (χ1v) is 5.34. The number of hydrogen-bond acceptors (Lipinski definition) is 5. The molecule has 92 valence electrons. The van der Waals surface area contributed by atoms with Gasteiger partial charge in [0.1, 0.15) is 0 Å². The molecule has 0 fully saturated rings. The molecular weight excluding hydrogens is 228 g/mol. The van der Waals surface area contributed by atoms with Gasteiger partial charge in [-0.15, -0.1) is 0 Å². The summed E-state index contributed by atoms with van der Waals surface area (Å²) in [7, 11) is 0. The van der Waals surface area contributed by atoms with E-state index in [4.69, 9.17) is 22.9 Å². The first kappa shape index (κ1) is 11.8. The third kappa shape index (κ3) is 1.93. The van der Waals surface area contributed by atoms with Gasteiger partial charge >= 0.3 is 0 Å². The topological polar surface area (TPSA) is 121 Å². The second-order valence-electron chi connectivity index (χ2n) is 3.98. The number of ketones is 1. The Morgan fingerprint density at radius 1 is 0.778 bits per heavy atom. The Kier molecular flexibility index (Phi) is 2.81. The molecular formula is C13H14N4O. The smallest absolute Gasteiger partial charge is 0.195 e. The predicted octanol–water partition coefficient (Wildman–Crippen LogP) is 1.25. The van der Waals surface area contributed by atoms with E-state index in [0.717, 1.165) is 0 Å². The van der Waals surface area contributed by atoms with Crippen LogP contribution in [0.3, 0.4) is 0 Å². The largest absolute Gasteiger partial charge is 0.399 e. The quantitative estimate of drug-likeness (QED) is 0.466.